The van der Waals surface area contributed by atoms with Crippen LogP contribution in [0, 0.1) is 17.0 Å². The minimum absolute atomic E-state index is 0.00560. The van der Waals surface area contributed by atoms with Crippen molar-refractivity contribution >= 4 is 23.3 Å². The van der Waals surface area contributed by atoms with Crippen molar-refractivity contribution in [1.82, 2.24) is 0 Å². The third-order valence-electron chi connectivity index (χ3n) is 3.27. The molecular weight excluding hydrogens is 298 g/mol. The molecule has 0 saturated heterocycles. The molecule has 118 valence electrons. The van der Waals surface area contributed by atoms with Gasteiger partial charge in [-0.3, -0.25) is 10.1 Å². The van der Waals surface area contributed by atoms with E-state index in [9.17, 15) is 20.0 Å². The Morgan fingerprint density at radius 1 is 1.26 bits per heavy atom. The third kappa shape index (κ3) is 3.74. The summed E-state index contributed by atoms with van der Waals surface area (Å²) in [7, 11) is 1.46. The number of carbonyl (C=O) groups is 1. The summed E-state index contributed by atoms with van der Waals surface area (Å²) in [5, 5.41) is 20.4. The number of non-ortho nitro benzene ring substituents is 1. The van der Waals surface area contributed by atoms with Crippen LogP contribution in [0.25, 0.3) is 11.6 Å². The van der Waals surface area contributed by atoms with E-state index in [0.29, 0.717) is 16.9 Å². The molecule has 2 aromatic rings. The van der Waals surface area contributed by atoms with Gasteiger partial charge in [0, 0.05) is 17.7 Å². The molecule has 0 atom stereocenters. The van der Waals surface area contributed by atoms with Gasteiger partial charge in [0.05, 0.1) is 17.6 Å². The van der Waals surface area contributed by atoms with Gasteiger partial charge in [-0.1, -0.05) is 23.8 Å². The molecule has 0 bridgehead atoms. The van der Waals surface area contributed by atoms with Crippen molar-refractivity contribution < 1.29 is 19.6 Å². The summed E-state index contributed by atoms with van der Waals surface area (Å²) >= 11 is 0. The van der Waals surface area contributed by atoms with E-state index in [4.69, 9.17) is 4.74 Å². The highest BCUT2D eigenvalue weighted by atomic mass is 16.6. The lowest BCUT2D eigenvalue weighted by molar-refractivity contribution is -0.384. The first kappa shape index (κ1) is 16.2. The zero-order valence-electron chi connectivity index (χ0n) is 12.6. The quantitative estimate of drug-likeness (QED) is 0.394. The Bertz CT molecular complexity index is 795. The summed E-state index contributed by atoms with van der Waals surface area (Å²) in [5.41, 5.74) is 1.64. The predicted molar refractivity (Wildman–Crippen MR) is 86.3 cm³/mol. The van der Waals surface area contributed by atoms with E-state index in [1.165, 1.54) is 31.4 Å². The highest BCUT2D eigenvalue weighted by Gasteiger charge is 2.16. The molecule has 0 fully saturated rings. The molecule has 0 aliphatic heterocycles. The van der Waals surface area contributed by atoms with Crippen LogP contribution < -0.4 is 4.74 Å². The second-order valence-electron chi connectivity index (χ2n) is 4.92. The highest BCUT2D eigenvalue weighted by Crippen LogP contribution is 2.29. The number of hydrogen-bond acceptors (Lipinski definition) is 4. The van der Waals surface area contributed by atoms with E-state index >= 15 is 0 Å². The van der Waals surface area contributed by atoms with E-state index in [1.54, 1.807) is 18.2 Å². The van der Waals surface area contributed by atoms with Crippen LogP contribution in [0.1, 0.15) is 16.7 Å². The van der Waals surface area contributed by atoms with E-state index in [0.717, 1.165) is 5.56 Å². The van der Waals surface area contributed by atoms with Crippen molar-refractivity contribution in [3.63, 3.8) is 0 Å². The monoisotopic (exact) mass is 313 g/mol. The number of nitro groups is 1. The molecule has 2 rings (SSSR count). The number of hydrogen-bond donors (Lipinski definition) is 1. The van der Waals surface area contributed by atoms with E-state index in [1.807, 2.05) is 13.0 Å². The van der Waals surface area contributed by atoms with Crippen molar-refractivity contribution in [2.45, 2.75) is 6.92 Å². The second kappa shape index (κ2) is 6.74. The Hall–Kier alpha value is -3.15. The number of methoxy groups -OCH3 is 1. The minimum Gasteiger partial charge on any atom is -0.496 e. The normalized spacial score (nSPS) is 11.1. The van der Waals surface area contributed by atoms with E-state index in [2.05, 4.69) is 0 Å². The Balaban J connectivity index is 2.59. The SMILES string of the molecule is COc1ccc(C)cc1/C(=C/c1cccc([N+](=O)[O-])c1)C(=O)O. The van der Waals surface area contributed by atoms with Gasteiger partial charge in [0.25, 0.3) is 5.69 Å². The maximum Gasteiger partial charge on any atom is 0.336 e. The molecule has 1 N–H and O–H groups in total. The topological polar surface area (TPSA) is 89.7 Å². The summed E-state index contributed by atoms with van der Waals surface area (Å²) in [6.07, 6.45) is 1.40. The first-order valence-corrected chi connectivity index (χ1v) is 6.77. The van der Waals surface area contributed by atoms with Crippen molar-refractivity contribution in [1.29, 1.82) is 0 Å². The molecule has 0 radical (unpaired) electrons. The number of aryl methyl sites for hydroxylation is 1. The fraction of sp³-hybridized carbons (Fsp3) is 0.118. The number of nitrogens with zero attached hydrogens (tertiary/aromatic N) is 1. The Morgan fingerprint density at radius 2 is 2.00 bits per heavy atom. The summed E-state index contributed by atoms with van der Waals surface area (Å²) < 4.78 is 5.22. The first-order chi connectivity index (χ1) is 10.9. The number of ether oxygens (including phenoxy) is 1. The maximum absolute atomic E-state index is 11.6. The molecule has 6 nitrogen and oxygen atoms in total. The molecule has 0 aliphatic rings. The number of aliphatic carboxylic acids is 1. The summed E-state index contributed by atoms with van der Waals surface area (Å²) in [6, 6.07) is 11.0. The van der Waals surface area contributed by atoms with Crippen LogP contribution in [0.2, 0.25) is 0 Å². The second-order valence-corrected chi connectivity index (χ2v) is 4.92. The van der Waals surface area contributed by atoms with Crippen LogP contribution in [0.4, 0.5) is 5.69 Å². The lowest BCUT2D eigenvalue weighted by Gasteiger charge is -2.10. The Morgan fingerprint density at radius 3 is 2.61 bits per heavy atom. The van der Waals surface area contributed by atoms with Gasteiger partial charge < -0.3 is 9.84 Å². The predicted octanol–water partition coefficient (Wildman–Crippen LogP) is 3.54. The molecule has 0 unspecified atom stereocenters. The minimum atomic E-state index is -1.14. The average Bonchev–Trinajstić information content (AvgIpc) is 2.52. The number of benzene rings is 2. The lowest BCUT2D eigenvalue weighted by atomic mass is 9.99. The van der Waals surface area contributed by atoms with Crippen LogP contribution in [0.15, 0.2) is 42.5 Å². The van der Waals surface area contributed by atoms with Crippen LogP contribution in [0.3, 0.4) is 0 Å². The summed E-state index contributed by atoms with van der Waals surface area (Å²) in [4.78, 5) is 22.0. The van der Waals surface area contributed by atoms with E-state index in [-0.39, 0.29) is 11.3 Å². The molecule has 0 spiro atoms. The van der Waals surface area contributed by atoms with Gasteiger partial charge in [0.15, 0.2) is 0 Å². The van der Waals surface area contributed by atoms with Gasteiger partial charge in [-0.15, -0.1) is 0 Å². The fourth-order valence-electron chi connectivity index (χ4n) is 2.18. The summed E-state index contributed by atoms with van der Waals surface area (Å²) in [6.45, 7) is 1.84. The molecule has 0 aliphatic carbocycles. The van der Waals surface area contributed by atoms with Gasteiger partial charge >= 0.3 is 5.97 Å². The van der Waals surface area contributed by atoms with Gasteiger partial charge in [0.1, 0.15) is 5.75 Å². The molecule has 23 heavy (non-hydrogen) atoms. The highest BCUT2D eigenvalue weighted by molar-refractivity contribution is 6.21. The Kier molecular flexibility index (Phi) is 4.75. The van der Waals surface area contributed by atoms with Crippen LogP contribution in [0.5, 0.6) is 5.75 Å². The molecule has 0 aromatic heterocycles. The van der Waals surface area contributed by atoms with E-state index < -0.39 is 10.9 Å². The van der Waals surface area contributed by atoms with Crippen LogP contribution in [-0.2, 0) is 4.79 Å². The van der Waals surface area contributed by atoms with Gasteiger partial charge in [0.2, 0.25) is 0 Å². The number of nitro benzene ring substituents is 1. The van der Waals surface area contributed by atoms with Gasteiger partial charge in [-0.25, -0.2) is 4.79 Å². The molecule has 0 heterocycles. The lowest BCUT2D eigenvalue weighted by Crippen LogP contribution is -2.02. The van der Waals surface area contributed by atoms with Crippen LogP contribution >= 0.6 is 0 Å². The molecule has 2 aromatic carbocycles. The maximum atomic E-state index is 11.6. The van der Waals surface area contributed by atoms with Crippen molar-refractivity contribution in [3.05, 3.63) is 69.3 Å². The Labute approximate surface area is 132 Å². The van der Waals surface area contributed by atoms with Crippen molar-refractivity contribution in [2.75, 3.05) is 7.11 Å². The number of carboxylic acid groups (broad SMARTS) is 1. The van der Waals surface area contributed by atoms with Crippen LogP contribution in [-0.4, -0.2) is 23.1 Å². The first-order valence-electron chi connectivity index (χ1n) is 6.77. The average molecular weight is 313 g/mol. The van der Waals surface area contributed by atoms with Gasteiger partial charge in [-0.2, -0.15) is 0 Å². The largest absolute Gasteiger partial charge is 0.496 e. The third-order valence-corrected chi connectivity index (χ3v) is 3.27. The summed E-state index contributed by atoms with van der Waals surface area (Å²) in [5.74, 6) is -0.713. The zero-order chi connectivity index (χ0) is 17.0. The van der Waals surface area contributed by atoms with Gasteiger partial charge in [-0.05, 0) is 30.7 Å². The number of carboxylic acids is 1. The van der Waals surface area contributed by atoms with Crippen molar-refractivity contribution in [3.8, 4) is 5.75 Å². The smallest absolute Gasteiger partial charge is 0.336 e. The molecular formula is C17H15NO5. The molecule has 0 amide bonds. The zero-order valence-corrected chi connectivity index (χ0v) is 12.6. The standard InChI is InChI=1S/C17H15NO5/c1-11-6-7-16(23-2)14(8-11)15(17(19)20)10-12-4-3-5-13(9-12)18(21)22/h3-10H,1-2H3,(H,19,20)/b15-10-. The molecule has 6 heteroatoms. The number of rotatable bonds is 5. The fourth-order valence-corrected chi connectivity index (χ4v) is 2.18. The van der Waals surface area contributed by atoms with Crippen molar-refractivity contribution in [2.24, 2.45) is 0 Å². The molecule has 0 saturated carbocycles.